The van der Waals surface area contributed by atoms with Crippen molar-refractivity contribution in [3.05, 3.63) is 16.3 Å². The Morgan fingerprint density at radius 2 is 2.30 bits per heavy atom. The number of nitrogens with zero attached hydrogens (tertiary/aromatic N) is 2. The molecule has 1 aromatic rings. The molecule has 0 aromatic carbocycles. The molecule has 1 aliphatic heterocycles. The van der Waals surface area contributed by atoms with Crippen molar-refractivity contribution >= 4 is 21.4 Å². The first-order valence-electron chi connectivity index (χ1n) is 6.97. The van der Waals surface area contributed by atoms with Gasteiger partial charge in [0.15, 0.2) is 0 Å². The third-order valence-electron chi connectivity index (χ3n) is 3.95. The molecule has 5 nitrogen and oxygen atoms in total. The van der Waals surface area contributed by atoms with Gasteiger partial charge in [0.2, 0.25) is 10.0 Å². The van der Waals surface area contributed by atoms with E-state index in [0.29, 0.717) is 17.5 Å². The highest BCUT2D eigenvalue weighted by molar-refractivity contribution is 7.89. The molecule has 0 spiro atoms. The summed E-state index contributed by atoms with van der Waals surface area (Å²) in [7, 11) is -1.75. The molecule has 0 bridgehead atoms. The fourth-order valence-electron chi connectivity index (χ4n) is 2.79. The third kappa shape index (κ3) is 3.07. The highest BCUT2D eigenvalue weighted by atomic mass is 32.2. The molecule has 1 fully saturated rings. The van der Waals surface area contributed by atoms with Crippen LogP contribution < -0.4 is 5.73 Å². The zero-order valence-corrected chi connectivity index (χ0v) is 13.7. The van der Waals surface area contributed by atoms with Gasteiger partial charge in [-0.15, -0.1) is 11.3 Å². The van der Waals surface area contributed by atoms with Gasteiger partial charge in [-0.1, -0.05) is 6.92 Å². The molecule has 2 heterocycles. The average Bonchev–Trinajstić information content (AvgIpc) is 3.06. The maximum absolute atomic E-state index is 12.6. The van der Waals surface area contributed by atoms with Gasteiger partial charge >= 0.3 is 0 Å². The Hall–Kier alpha value is -0.470. The van der Waals surface area contributed by atoms with Crippen molar-refractivity contribution in [2.24, 2.45) is 5.73 Å². The highest BCUT2D eigenvalue weighted by Crippen LogP contribution is 2.26. The fourth-order valence-corrected chi connectivity index (χ4v) is 5.30. The molecule has 1 aliphatic rings. The van der Waals surface area contributed by atoms with Crippen LogP contribution in [-0.4, -0.2) is 50.3 Å². The van der Waals surface area contributed by atoms with Crippen molar-refractivity contribution in [3.8, 4) is 0 Å². The molecule has 20 heavy (non-hydrogen) atoms. The lowest BCUT2D eigenvalue weighted by Gasteiger charge is -2.27. The van der Waals surface area contributed by atoms with Crippen molar-refractivity contribution in [2.75, 3.05) is 26.7 Å². The van der Waals surface area contributed by atoms with Crippen LogP contribution in [0.3, 0.4) is 0 Å². The largest absolute Gasteiger partial charge is 0.326 e. The first kappa shape index (κ1) is 15.9. The van der Waals surface area contributed by atoms with Gasteiger partial charge < -0.3 is 5.73 Å². The fraction of sp³-hybridized carbons (Fsp3) is 0.692. The molecule has 2 N–H and O–H groups in total. The minimum Gasteiger partial charge on any atom is -0.326 e. The molecule has 0 aliphatic carbocycles. The second-order valence-electron chi connectivity index (χ2n) is 5.12. The lowest BCUT2D eigenvalue weighted by atomic mass is 10.2. The molecule has 7 heteroatoms. The highest BCUT2D eigenvalue weighted by Gasteiger charge is 2.30. The minimum atomic E-state index is -3.42. The van der Waals surface area contributed by atoms with E-state index < -0.39 is 10.0 Å². The van der Waals surface area contributed by atoms with Crippen LogP contribution in [0, 0.1) is 0 Å². The van der Waals surface area contributed by atoms with Gasteiger partial charge in [0.05, 0.1) is 4.90 Å². The second kappa shape index (κ2) is 6.53. The van der Waals surface area contributed by atoms with E-state index in [2.05, 4.69) is 11.8 Å². The van der Waals surface area contributed by atoms with E-state index in [1.54, 1.807) is 18.5 Å². The standard InChI is InChI=1S/C13H23N3O2S2/c1-3-16-7-4-5-11(16)10-15(2)20(17,18)13-6-8-19-12(13)9-14/h6,8,11H,3-5,7,9-10,14H2,1-2H3. The molecular formula is C13H23N3O2S2. The molecule has 1 unspecified atom stereocenters. The van der Waals surface area contributed by atoms with E-state index in [1.807, 2.05) is 0 Å². The Morgan fingerprint density at radius 3 is 2.95 bits per heavy atom. The SMILES string of the molecule is CCN1CCCC1CN(C)S(=O)(=O)c1ccsc1CN. The van der Waals surface area contributed by atoms with Gasteiger partial charge in [0, 0.05) is 31.1 Å². The predicted molar refractivity (Wildman–Crippen MR) is 82.3 cm³/mol. The molecule has 114 valence electrons. The summed E-state index contributed by atoms with van der Waals surface area (Å²) in [6.45, 7) is 4.99. The molecule has 0 amide bonds. The molecule has 2 rings (SSSR count). The summed E-state index contributed by atoms with van der Waals surface area (Å²) in [6.07, 6.45) is 2.22. The number of likely N-dealkylation sites (tertiary alicyclic amines) is 1. The molecule has 1 saturated heterocycles. The number of hydrogen-bond donors (Lipinski definition) is 1. The smallest absolute Gasteiger partial charge is 0.244 e. The third-order valence-corrected chi connectivity index (χ3v) is 6.93. The Balaban J connectivity index is 2.13. The molecule has 0 saturated carbocycles. The summed E-state index contributed by atoms with van der Waals surface area (Å²) >= 11 is 1.40. The van der Waals surface area contributed by atoms with Gasteiger partial charge in [-0.05, 0) is 37.4 Å². The maximum Gasteiger partial charge on any atom is 0.244 e. The Kier molecular flexibility index (Phi) is 5.19. The Morgan fingerprint density at radius 1 is 1.55 bits per heavy atom. The van der Waals surface area contributed by atoms with Crippen molar-refractivity contribution < 1.29 is 8.42 Å². The zero-order chi connectivity index (χ0) is 14.8. The summed E-state index contributed by atoms with van der Waals surface area (Å²) in [5.74, 6) is 0. The monoisotopic (exact) mass is 317 g/mol. The summed E-state index contributed by atoms with van der Waals surface area (Å²) in [6, 6.07) is 1.99. The van der Waals surface area contributed by atoms with Crippen LogP contribution in [0.15, 0.2) is 16.3 Å². The van der Waals surface area contributed by atoms with Crippen molar-refractivity contribution in [1.82, 2.24) is 9.21 Å². The van der Waals surface area contributed by atoms with Gasteiger partial charge in [-0.25, -0.2) is 8.42 Å². The van der Waals surface area contributed by atoms with Gasteiger partial charge in [-0.3, -0.25) is 4.90 Å². The number of likely N-dealkylation sites (N-methyl/N-ethyl adjacent to an activating group) is 2. The normalized spacial score (nSPS) is 20.9. The predicted octanol–water partition coefficient (Wildman–Crippen LogP) is 1.31. The van der Waals surface area contributed by atoms with Crippen LogP contribution in [0.1, 0.15) is 24.6 Å². The van der Waals surface area contributed by atoms with Gasteiger partial charge in [0.1, 0.15) is 0 Å². The van der Waals surface area contributed by atoms with Crippen LogP contribution in [0.5, 0.6) is 0 Å². The summed E-state index contributed by atoms with van der Waals surface area (Å²) < 4.78 is 26.7. The molecular weight excluding hydrogens is 294 g/mol. The van der Waals surface area contributed by atoms with Gasteiger partial charge in [0.25, 0.3) is 0 Å². The van der Waals surface area contributed by atoms with Gasteiger partial charge in [-0.2, -0.15) is 4.31 Å². The topological polar surface area (TPSA) is 66.6 Å². The van der Waals surface area contributed by atoms with Crippen molar-refractivity contribution in [3.63, 3.8) is 0 Å². The summed E-state index contributed by atoms with van der Waals surface area (Å²) in [4.78, 5) is 3.45. The van der Waals surface area contributed by atoms with E-state index in [-0.39, 0.29) is 6.54 Å². The van der Waals surface area contributed by atoms with E-state index in [9.17, 15) is 8.42 Å². The van der Waals surface area contributed by atoms with Crippen molar-refractivity contribution in [2.45, 2.75) is 37.2 Å². The Bertz CT molecular complexity index is 542. The number of thiophene rings is 1. The van der Waals surface area contributed by atoms with E-state index in [4.69, 9.17) is 5.73 Å². The Labute approximate surface area is 125 Å². The van der Waals surface area contributed by atoms with Crippen LogP contribution in [0.25, 0.3) is 0 Å². The second-order valence-corrected chi connectivity index (χ2v) is 8.14. The number of nitrogens with two attached hydrogens (primary N) is 1. The van der Waals surface area contributed by atoms with Crippen LogP contribution in [-0.2, 0) is 16.6 Å². The maximum atomic E-state index is 12.6. The summed E-state index contributed by atoms with van der Waals surface area (Å²) in [5, 5.41) is 1.79. The first-order chi connectivity index (χ1) is 9.50. The molecule has 1 atom stereocenters. The lowest BCUT2D eigenvalue weighted by molar-refractivity contribution is 0.237. The number of sulfonamides is 1. The minimum absolute atomic E-state index is 0.268. The summed E-state index contributed by atoms with van der Waals surface area (Å²) in [5.41, 5.74) is 5.62. The molecule has 0 radical (unpaired) electrons. The number of rotatable bonds is 6. The first-order valence-corrected chi connectivity index (χ1v) is 9.29. The average molecular weight is 317 g/mol. The van der Waals surface area contributed by atoms with E-state index in [1.165, 1.54) is 15.6 Å². The number of hydrogen-bond acceptors (Lipinski definition) is 5. The van der Waals surface area contributed by atoms with E-state index in [0.717, 1.165) is 30.8 Å². The van der Waals surface area contributed by atoms with Crippen LogP contribution in [0.2, 0.25) is 0 Å². The lowest BCUT2D eigenvalue weighted by Crippen LogP contribution is -2.41. The zero-order valence-electron chi connectivity index (χ0n) is 12.1. The quantitative estimate of drug-likeness (QED) is 0.859. The molecule has 1 aromatic heterocycles. The van der Waals surface area contributed by atoms with Crippen LogP contribution in [0.4, 0.5) is 0 Å². The van der Waals surface area contributed by atoms with Crippen molar-refractivity contribution in [1.29, 1.82) is 0 Å². The van der Waals surface area contributed by atoms with Crippen LogP contribution >= 0.6 is 11.3 Å². The van der Waals surface area contributed by atoms with E-state index >= 15 is 0 Å².